The summed E-state index contributed by atoms with van der Waals surface area (Å²) in [5.74, 6) is 0.628. The number of methoxy groups -OCH3 is 1. The van der Waals surface area contributed by atoms with Gasteiger partial charge in [0.05, 0.1) is 39.1 Å². The summed E-state index contributed by atoms with van der Waals surface area (Å²) in [5.41, 5.74) is 1.12. The fourth-order valence-electron chi connectivity index (χ4n) is 3.89. The minimum absolute atomic E-state index is 0.186. The van der Waals surface area contributed by atoms with Gasteiger partial charge in [0.25, 0.3) is 0 Å². The van der Waals surface area contributed by atoms with Gasteiger partial charge in [-0.1, -0.05) is 25.3 Å². The van der Waals surface area contributed by atoms with Gasteiger partial charge in [0, 0.05) is 17.0 Å². The third kappa shape index (κ3) is 13.6. The van der Waals surface area contributed by atoms with Crippen molar-refractivity contribution in [1.29, 1.82) is 0 Å². The average molecular weight is 675 g/mol. The first-order valence-electron chi connectivity index (χ1n) is 15.2. The lowest BCUT2D eigenvalue weighted by molar-refractivity contribution is -0.138. The quantitative estimate of drug-likeness (QED) is 0.0404. The molecule has 0 aliphatic rings. The van der Waals surface area contributed by atoms with Crippen molar-refractivity contribution in [2.75, 3.05) is 33.5 Å². The molecule has 0 saturated carbocycles. The molecule has 0 unspecified atom stereocenters. The van der Waals surface area contributed by atoms with Crippen LogP contribution in [0.3, 0.4) is 0 Å². The number of rotatable bonds is 20. The molecule has 0 aliphatic carbocycles. The van der Waals surface area contributed by atoms with E-state index in [1.165, 1.54) is 13.2 Å². The first kappa shape index (κ1) is 37.2. The van der Waals surface area contributed by atoms with Crippen LogP contribution < -0.4 is 18.9 Å². The van der Waals surface area contributed by atoms with E-state index in [9.17, 15) is 19.2 Å². The van der Waals surface area contributed by atoms with Crippen LogP contribution in [0.25, 0.3) is 6.08 Å². The van der Waals surface area contributed by atoms with Crippen LogP contribution in [-0.2, 0) is 23.9 Å². The second-order valence-corrected chi connectivity index (χ2v) is 11.0. The summed E-state index contributed by atoms with van der Waals surface area (Å²) in [7, 11) is 1.54. The molecule has 252 valence electrons. The summed E-state index contributed by atoms with van der Waals surface area (Å²) in [6.45, 7) is 8.17. The molecule has 0 atom stereocenters. The molecule has 0 aromatic heterocycles. The SMILES string of the molecule is C=CC(=O)OCCCCOc1ccc(C(=O)Oc2ccc(SC(=O)C=Cc3ccc(OCCCCOC(=O)C=C)c(OC)c3)cc2)cc1. The molecule has 0 bridgehead atoms. The van der Waals surface area contributed by atoms with Gasteiger partial charge in [0.2, 0.25) is 5.12 Å². The van der Waals surface area contributed by atoms with Crippen molar-refractivity contribution in [3.05, 3.63) is 109 Å². The number of hydrogen-bond donors (Lipinski definition) is 0. The van der Waals surface area contributed by atoms with Gasteiger partial charge in [-0.25, -0.2) is 14.4 Å². The number of ether oxygens (including phenoxy) is 6. The molecule has 0 radical (unpaired) electrons. The van der Waals surface area contributed by atoms with E-state index in [4.69, 9.17) is 28.4 Å². The van der Waals surface area contributed by atoms with Crippen LogP contribution in [0.2, 0.25) is 0 Å². The second kappa shape index (κ2) is 20.8. The molecule has 10 nitrogen and oxygen atoms in total. The van der Waals surface area contributed by atoms with Crippen molar-refractivity contribution in [2.24, 2.45) is 0 Å². The smallest absolute Gasteiger partial charge is 0.343 e. The number of hydrogen-bond acceptors (Lipinski definition) is 11. The zero-order valence-electron chi connectivity index (χ0n) is 26.7. The highest BCUT2D eigenvalue weighted by atomic mass is 32.2. The Morgan fingerprint density at radius 2 is 1.27 bits per heavy atom. The predicted octanol–water partition coefficient (Wildman–Crippen LogP) is 7.02. The number of esters is 3. The van der Waals surface area contributed by atoms with Crippen LogP contribution in [-0.4, -0.2) is 56.6 Å². The lowest BCUT2D eigenvalue weighted by Gasteiger charge is -2.11. The Balaban J connectivity index is 1.40. The van der Waals surface area contributed by atoms with Gasteiger partial charge in [0.1, 0.15) is 11.5 Å². The highest BCUT2D eigenvalue weighted by Crippen LogP contribution is 2.29. The Kier molecular flexibility index (Phi) is 16.1. The van der Waals surface area contributed by atoms with E-state index in [0.717, 1.165) is 29.5 Å². The van der Waals surface area contributed by atoms with Crippen molar-refractivity contribution in [2.45, 2.75) is 30.6 Å². The number of benzene rings is 3. The maximum absolute atomic E-state index is 12.6. The summed E-state index contributed by atoms with van der Waals surface area (Å²) in [5, 5.41) is -0.186. The Morgan fingerprint density at radius 1 is 0.688 bits per heavy atom. The van der Waals surface area contributed by atoms with E-state index >= 15 is 0 Å². The first-order chi connectivity index (χ1) is 23.3. The molecule has 0 spiro atoms. The zero-order chi connectivity index (χ0) is 34.6. The van der Waals surface area contributed by atoms with E-state index in [1.807, 2.05) is 6.07 Å². The molecule has 3 aromatic carbocycles. The third-order valence-corrected chi connectivity index (χ3v) is 7.21. The lowest BCUT2D eigenvalue weighted by atomic mass is 10.2. The molecule has 0 heterocycles. The monoisotopic (exact) mass is 674 g/mol. The number of thioether (sulfide) groups is 1. The minimum Gasteiger partial charge on any atom is -0.494 e. The molecule has 0 amide bonds. The van der Waals surface area contributed by atoms with Gasteiger partial charge >= 0.3 is 17.9 Å². The van der Waals surface area contributed by atoms with Gasteiger partial charge < -0.3 is 28.4 Å². The molecule has 3 rings (SSSR count). The maximum Gasteiger partial charge on any atom is 0.343 e. The lowest BCUT2D eigenvalue weighted by Crippen LogP contribution is -2.08. The predicted molar refractivity (Wildman–Crippen MR) is 183 cm³/mol. The van der Waals surface area contributed by atoms with Crippen LogP contribution in [0.5, 0.6) is 23.0 Å². The molecular formula is C37H38O10S. The van der Waals surface area contributed by atoms with E-state index in [-0.39, 0.29) is 5.12 Å². The number of carbonyl (C=O) groups is 4. The Bertz CT molecular complexity index is 1560. The van der Waals surface area contributed by atoms with Crippen molar-refractivity contribution < 1.29 is 47.6 Å². The molecule has 11 heteroatoms. The molecular weight excluding hydrogens is 636 g/mol. The Labute approximate surface area is 284 Å². The normalized spacial score (nSPS) is 10.5. The van der Waals surface area contributed by atoms with E-state index < -0.39 is 17.9 Å². The molecule has 3 aromatic rings. The Morgan fingerprint density at radius 3 is 1.88 bits per heavy atom. The summed E-state index contributed by atoms with van der Waals surface area (Å²) >= 11 is 1.04. The fraction of sp³-hybridized carbons (Fsp3) is 0.243. The number of unbranched alkanes of at least 4 members (excludes halogenated alkanes) is 2. The maximum atomic E-state index is 12.6. The Hall–Kier alpha value is -5.29. The summed E-state index contributed by atoms with van der Waals surface area (Å²) in [6.07, 6.45) is 8.11. The van der Waals surface area contributed by atoms with E-state index in [0.29, 0.717) is 85.6 Å². The van der Waals surface area contributed by atoms with E-state index in [2.05, 4.69) is 13.2 Å². The average Bonchev–Trinajstić information content (AvgIpc) is 3.11. The highest BCUT2D eigenvalue weighted by Gasteiger charge is 2.10. The molecule has 0 N–H and O–H groups in total. The third-order valence-electron chi connectivity index (χ3n) is 6.37. The molecule has 0 saturated heterocycles. The largest absolute Gasteiger partial charge is 0.494 e. The van der Waals surface area contributed by atoms with Crippen LogP contribution in [0, 0.1) is 0 Å². The van der Waals surface area contributed by atoms with Crippen LogP contribution >= 0.6 is 11.8 Å². The summed E-state index contributed by atoms with van der Waals surface area (Å²) < 4.78 is 32.2. The van der Waals surface area contributed by atoms with Crippen molar-refractivity contribution in [3.8, 4) is 23.0 Å². The molecule has 48 heavy (non-hydrogen) atoms. The van der Waals surface area contributed by atoms with Crippen molar-refractivity contribution in [1.82, 2.24) is 0 Å². The molecule has 0 aliphatic heterocycles. The second-order valence-electron chi connectivity index (χ2n) is 9.90. The summed E-state index contributed by atoms with van der Waals surface area (Å²) in [6, 6.07) is 18.6. The zero-order valence-corrected chi connectivity index (χ0v) is 27.5. The van der Waals surface area contributed by atoms with Gasteiger partial charge in [0.15, 0.2) is 11.5 Å². The highest BCUT2D eigenvalue weighted by molar-refractivity contribution is 8.14. The van der Waals surface area contributed by atoms with Crippen LogP contribution in [0.4, 0.5) is 0 Å². The fourth-order valence-corrected chi connectivity index (χ4v) is 4.53. The van der Waals surface area contributed by atoms with E-state index in [1.54, 1.807) is 66.7 Å². The molecule has 0 fully saturated rings. The van der Waals surface area contributed by atoms with Crippen molar-refractivity contribution >= 4 is 40.9 Å². The summed E-state index contributed by atoms with van der Waals surface area (Å²) in [4.78, 5) is 48.0. The van der Waals surface area contributed by atoms with Gasteiger partial charge in [-0.05, 0) is 110 Å². The van der Waals surface area contributed by atoms with Crippen molar-refractivity contribution in [3.63, 3.8) is 0 Å². The van der Waals surface area contributed by atoms with Crippen LogP contribution in [0.15, 0.2) is 103 Å². The van der Waals surface area contributed by atoms with Gasteiger partial charge in [-0.3, -0.25) is 4.79 Å². The standard InChI is InChI=1S/C37H38O10S/c1-4-34(38)45-24-8-6-22-43-29-14-12-28(13-15-29)37(41)47-30-16-18-31(19-17-30)48-36(40)21-11-27-10-20-32(33(26-27)42-3)44-23-7-9-25-46-35(39)5-2/h4-5,10-21,26H,1-2,6-9,22-25H2,3H3. The minimum atomic E-state index is -0.525. The van der Waals surface area contributed by atoms with Gasteiger partial charge in [-0.2, -0.15) is 0 Å². The number of carbonyl (C=O) groups excluding carboxylic acids is 4. The topological polar surface area (TPSA) is 124 Å². The first-order valence-corrected chi connectivity index (χ1v) is 16.0. The van der Waals surface area contributed by atoms with Crippen LogP contribution in [0.1, 0.15) is 41.6 Å². The van der Waals surface area contributed by atoms with Gasteiger partial charge in [-0.15, -0.1) is 0 Å².